The zero-order valence-electron chi connectivity index (χ0n) is 7.73. The molecule has 2 rings (SSSR count). The van der Waals surface area contributed by atoms with E-state index in [0.29, 0.717) is 0 Å². The van der Waals surface area contributed by atoms with E-state index in [1.165, 1.54) is 0 Å². The summed E-state index contributed by atoms with van der Waals surface area (Å²) in [5, 5.41) is 0. The van der Waals surface area contributed by atoms with Crippen LogP contribution in [-0.4, -0.2) is 15.0 Å². The summed E-state index contributed by atoms with van der Waals surface area (Å²) in [6.45, 7) is 2.16. The molecule has 1 aliphatic rings. The zero-order chi connectivity index (χ0) is 10.2. The Balaban J connectivity index is 2.22. The third kappa shape index (κ3) is 1.95. The molecule has 4 nitrogen and oxygen atoms in total. The predicted molar refractivity (Wildman–Crippen MR) is 51.9 cm³/mol. The lowest BCUT2D eigenvalue weighted by Crippen LogP contribution is -2.19. The molecule has 0 saturated carbocycles. The van der Waals surface area contributed by atoms with Crippen LogP contribution in [-0.2, 0) is 14.5 Å². The Hall–Kier alpha value is -0.910. The molecule has 76 valence electrons. The Kier molecular flexibility index (Phi) is 2.30. The van der Waals surface area contributed by atoms with Gasteiger partial charge in [0.05, 0.1) is 12.6 Å². The van der Waals surface area contributed by atoms with Crippen molar-refractivity contribution in [3.63, 3.8) is 0 Å². The van der Waals surface area contributed by atoms with Gasteiger partial charge in [-0.3, -0.25) is 4.18 Å². The number of hydrogen-bond donors (Lipinski definition) is 1. The summed E-state index contributed by atoms with van der Waals surface area (Å²) in [5.74, 6) is 0. The van der Waals surface area contributed by atoms with Crippen LogP contribution in [0.5, 0.6) is 0 Å². The van der Waals surface area contributed by atoms with Gasteiger partial charge in [0.1, 0.15) is 0 Å². The largest absolute Gasteiger partial charge is 0.336 e. The van der Waals surface area contributed by atoms with E-state index in [9.17, 15) is 8.42 Å². The summed E-state index contributed by atoms with van der Waals surface area (Å²) in [4.78, 5) is 0. The van der Waals surface area contributed by atoms with Crippen molar-refractivity contribution in [1.82, 2.24) is 4.72 Å². The van der Waals surface area contributed by atoms with Gasteiger partial charge in [0, 0.05) is 0 Å². The number of nitrogens with one attached hydrogen (secondary N) is 1. The maximum absolute atomic E-state index is 10.9. The highest BCUT2D eigenvalue weighted by Gasteiger charge is 2.28. The lowest BCUT2D eigenvalue weighted by atomic mass is 10.1. The summed E-state index contributed by atoms with van der Waals surface area (Å²) >= 11 is 0. The Labute approximate surface area is 83.2 Å². The molecular weight excluding hydrogens is 202 g/mol. The van der Waals surface area contributed by atoms with E-state index in [1.807, 2.05) is 31.2 Å². The maximum Gasteiger partial charge on any atom is 0.336 e. The quantitative estimate of drug-likeness (QED) is 0.754. The number of rotatable bonds is 1. The highest BCUT2D eigenvalue weighted by molar-refractivity contribution is 7.84. The molecule has 5 heteroatoms. The summed E-state index contributed by atoms with van der Waals surface area (Å²) in [7, 11) is -3.50. The molecule has 1 heterocycles. The van der Waals surface area contributed by atoms with Crippen LogP contribution in [0.2, 0.25) is 0 Å². The summed E-state index contributed by atoms with van der Waals surface area (Å²) in [6.07, 6.45) is 0. The third-order valence-electron chi connectivity index (χ3n) is 2.16. The second-order valence-corrected chi connectivity index (χ2v) is 4.70. The second kappa shape index (κ2) is 3.34. The van der Waals surface area contributed by atoms with Crippen LogP contribution in [0.25, 0.3) is 0 Å². The first-order valence-electron chi connectivity index (χ1n) is 4.30. The van der Waals surface area contributed by atoms with Gasteiger partial charge < -0.3 is 0 Å². The number of aryl methyl sites for hydroxylation is 1. The molecule has 0 bridgehead atoms. The van der Waals surface area contributed by atoms with Gasteiger partial charge in [-0.1, -0.05) is 29.8 Å². The van der Waals surface area contributed by atoms with Gasteiger partial charge in [0.25, 0.3) is 0 Å². The molecule has 1 atom stereocenters. The first-order chi connectivity index (χ1) is 6.57. The molecule has 1 aromatic rings. The summed E-state index contributed by atoms with van der Waals surface area (Å²) in [5.41, 5.74) is 2.08. The molecule has 0 aromatic heterocycles. The average Bonchev–Trinajstić information content (AvgIpc) is 2.47. The van der Waals surface area contributed by atoms with Gasteiger partial charge in [-0.2, -0.15) is 13.1 Å². The minimum atomic E-state index is -3.50. The maximum atomic E-state index is 10.9. The van der Waals surface area contributed by atoms with E-state index in [-0.39, 0.29) is 12.6 Å². The third-order valence-corrected chi connectivity index (χ3v) is 3.18. The van der Waals surface area contributed by atoms with E-state index in [0.717, 1.165) is 11.1 Å². The van der Waals surface area contributed by atoms with Gasteiger partial charge in [-0.15, -0.1) is 0 Å². The molecule has 0 radical (unpaired) electrons. The lowest BCUT2D eigenvalue weighted by Gasteiger charge is -2.06. The van der Waals surface area contributed by atoms with Gasteiger partial charge in [0.2, 0.25) is 0 Å². The fourth-order valence-corrected chi connectivity index (χ4v) is 2.30. The molecule has 1 N–H and O–H groups in total. The van der Waals surface area contributed by atoms with Crippen LogP contribution in [0.3, 0.4) is 0 Å². The van der Waals surface area contributed by atoms with Crippen molar-refractivity contribution in [2.24, 2.45) is 0 Å². The van der Waals surface area contributed by atoms with Crippen molar-refractivity contribution in [2.45, 2.75) is 13.0 Å². The molecule has 0 spiro atoms. The van der Waals surface area contributed by atoms with Crippen molar-refractivity contribution in [3.8, 4) is 0 Å². The Morgan fingerprint density at radius 2 is 2.00 bits per heavy atom. The van der Waals surface area contributed by atoms with Crippen LogP contribution in [0.15, 0.2) is 24.3 Å². The van der Waals surface area contributed by atoms with E-state index in [1.54, 1.807) is 0 Å². The predicted octanol–water partition coefficient (Wildman–Crippen LogP) is 0.901. The summed E-state index contributed by atoms with van der Waals surface area (Å²) < 4.78 is 28.9. The zero-order valence-corrected chi connectivity index (χ0v) is 8.54. The Morgan fingerprint density at radius 3 is 2.50 bits per heavy atom. The highest BCUT2D eigenvalue weighted by Crippen LogP contribution is 2.20. The molecule has 1 saturated heterocycles. The minimum absolute atomic E-state index is 0.172. The van der Waals surface area contributed by atoms with E-state index >= 15 is 0 Å². The topological polar surface area (TPSA) is 55.4 Å². The van der Waals surface area contributed by atoms with Gasteiger partial charge in [0.15, 0.2) is 0 Å². The van der Waals surface area contributed by atoms with E-state index in [4.69, 9.17) is 0 Å². The lowest BCUT2D eigenvalue weighted by molar-refractivity contribution is 0.338. The summed E-state index contributed by atoms with van der Waals surface area (Å²) in [6, 6.07) is 7.44. The normalized spacial score (nSPS) is 25.1. The van der Waals surface area contributed by atoms with Crippen molar-refractivity contribution < 1.29 is 12.6 Å². The van der Waals surface area contributed by atoms with E-state index < -0.39 is 10.3 Å². The molecule has 0 amide bonds. The first-order valence-corrected chi connectivity index (χ1v) is 5.71. The van der Waals surface area contributed by atoms with Crippen molar-refractivity contribution >= 4 is 10.3 Å². The standard InChI is InChI=1S/C9H11NO3S/c1-7-2-4-8(5-3-7)9-6-13-14(11,12)10-9/h2-5,9-10H,6H2,1H3/t9-/m1/s1. The molecule has 0 unspecified atom stereocenters. The molecular formula is C9H11NO3S. The van der Waals surface area contributed by atoms with Crippen molar-refractivity contribution in [1.29, 1.82) is 0 Å². The second-order valence-electron chi connectivity index (χ2n) is 3.32. The van der Waals surface area contributed by atoms with Crippen LogP contribution in [0.1, 0.15) is 17.2 Å². The molecule has 1 aliphatic heterocycles. The van der Waals surface area contributed by atoms with Crippen LogP contribution >= 0.6 is 0 Å². The number of hydrogen-bond acceptors (Lipinski definition) is 3. The van der Waals surface area contributed by atoms with Gasteiger partial charge in [-0.25, -0.2) is 0 Å². The minimum Gasteiger partial charge on any atom is -0.256 e. The van der Waals surface area contributed by atoms with Crippen LogP contribution in [0, 0.1) is 6.92 Å². The monoisotopic (exact) mass is 213 g/mol. The fourth-order valence-electron chi connectivity index (χ4n) is 1.36. The van der Waals surface area contributed by atoms with Gasteiger partial charge >= 0.3 is 10.3 Å². The Morgan fingerprint density at radius 1 is 1.36 bits per heavy atom. The average molecular weight is 213 g/mol. The van der Waals surface area contributed by atoms with Crippen LogP contribution in [0.4, 0.5) is 0 Å². The smallest absolute Gasteiger partial charge is 0.256 e. The molecule has 1 aromatic carbocycles. The van der Waals surface area contributed by atoms with E-state index in [2.05, 4.69) is 8.91 Å². The SMILES string of the molecule is Cc1ccc([C@H]2COS(=O)(=O)N2)cc1. The Bertz CT molecular complexity index is 424. The van der Waals surface area contributed by atoms with Crippen molar-refractivity contribution in [3.05, 3.63) is 35.4 Å². The van der Waals surface area contributed by atoms with Gasteiger partial charge in [-0.05, 0) is 12.5 Å². The fraction of sp³-hybridized carbons (Fsp3) is 0.333. The van der Waals surface area contributed by atoms with Crippen LogP contribution < -0.4 is 4.72 Å². The molecule has 1 fully saturated rings. The molecule has 14 heavy (non-hydrogen) atoms. The molecule has 0 aliphatic carbocycles. The van der Waals surface area contributed by atoms with Crippen molar-refractivity contribution in [2.75, 3.05) is 6.61 Å². The first kappa shape index (κ1) is 9.64. The highest BCUT2D eigenvalue weighted by atomic mass is 32.2. The number of benzene rings is 1.